The second kappa shape index (κ2) is 36.8. The number of likely N-dealkylation sites (N-methyl/N-ethyl adjacent to an activating group) is 1. The number of hydrogen-bond acceptors (Lipinski definition) is 1. The first-order chi connectivity index (χ1) is 22.1. The molecule has 1 unspecified atom stereocenters. The van der Waals surface area contributed by atoms with Crippen LogP contribution in [0, 0.1) is 5.92 Å². The molecule has 0 saturated carbocycles. The summed E-state index contributed by atoms with van der Waals surface area (Å²) in [6.45, 7) is 7.08. The fraction of sp³-hybridized carbons (Fsp3) is 1.00. The lowest BCUT2D eigenvalue weighted by molar-refractivity contribution is -0.894. The minimum Gasteiger partial charge on any atom is -0.391 e. The second-order valence-corrected chi connectivity index (χ2v) is 16.0. The van der Waals surface area contributed by atoms with Crippen LogP contribution in [-0.4, -0.2) is 43.4 Å². The largest absolute Gasteiger partial charge is 0.391 e. The van der Waals surface area contributed by atoms with E-state index in [-0.39, 0.29) is 0 Å². The van der Waals surface area contributed by atoms with Gasteiger partial charge in [-0.25, -0.2) is 0 Å². The Labute approximate surface area is 287 Å². The molecule has 0 aromatic heterocycles. The Morgan fingerprint density at radius 2 is 0.578 bits per heavy atom. The number of unbranched alkanes of at least 4 members (excludes halogenated alkanes) is 31. The first-order valence-electron chi connectivity index (χ1n) is 21.5. The van der Waals surface area contributed by atoms with Gasteiger partial charge in [0.2, 0.25) is 0 Å². The molecule has 2 nitrogen and oxygen atoms in total. The predicted molar refractivity (Wildman–Crippen MR) is 205 cm³/mol. The lowest BCUT2D eigenvalue weighted by atomic mass is 9.93. The van der Waals surface area contributed by atoms with E-state index in [2.05, 4.69) is 27.9 Å². The minimum absolute atomic E-state index is 0.317. The normalized spacial score (nSPS) is 12.7. The van der Waals surface area contributed by atoms with Crippen LogP contribution < -0.4 is 0 Å². The summed E-state index contributed by atoms with van der Waals surface area (Å²) in [5.41, 5.74) is 0. The molecule has 272 valence electrons. The Morgan fingerprint density at radius 1 is 0.356 bits per heavy atom. The molecule has 0 heterocycles. The van der Waals surface area contributed by atoms with Gasteiger partial charge in [-0.1, -0.05) is 226 Å². The van der Waals surface area contributed by atoms with Gasteiger partial charge in [0.15, 0.2) is 0 Å². The maximum Gasteiger partial charge on any atom is 0.102 e. The van der Waals surface area contributed by atoms with Crippen molar-refractivity contribution >= 4 is 0 Å². The van der Waals surface area contributed by atoms with Gasteiger partial charge in [0.25, 0.3) is 0 Å². The molecule has 0 saturated heterocycles. The van der Waals surface area contributed by atoms with Gasteiger partial charge in [0.1, 0.15) is 6.54 Å². The van der Waals surface area contributed by atoms with Crippen LogP contribution in [0.15, 0.2) is 0 Å². The molecule has 0 radical (unpaired) electrons. The van der Waals surface area contributed by atoms with Crippen LogP contribution in [0.4, 0.5) is 0 Å². The van der Waals surface area contributed by atoms with Gasteiger partial charge in [0, 0.05) is 5.92 Å². The molecule has 45 heavy (non-hydrogen) atoms. The summed E-state index contributed by atoms with van der Waals surface area (Å²) >= 11 is 0. The number of rotatable bonds is 39. The summed E-state index contributed by atoms with van der Waals surface area (Å²) in [5.74, 6) is 0.842. The van der Waals surface area contributed by atoms with Crippen LogP contribution >= 0.6 is 0 Å². The molecule has 0 aliphatic carbocycles. The van der Waals surface area contributed by atoms with Gasteiger partial charge in [0.05, 0.1) is 27.2 Å². The smallest absolute Gasteiger partial charge is 0.102 e. The molecular formula is C43H90NO+. The van der Waals surface area contributed by atoms with E-state index < -0.39 is 0 Å². The molecule has 0 amide bonds. The summed E-state index contributed by atoms with van der Waals surface area (Å²) < 4.78 is 0.985. The average molecular weight is 637 g/mol. The first kappa shape index (κ1) is 44.9. The van der Waals surface area contributed by atoms with Crippen molar-refractivity contribution in [2.24, 2.45) is 5.92 Å². The number of hydrogen-bond donors (Lipinski definition) is 1. The highest BCUT2D eigenvalue weighted by atomic mass is 16.3. The van der Waals surface area contributed by atoms with Crippen LogP contribution in [0.5, 0.6) is 0 Å². The topological polar surface area (TPSA) is 20.2 Å². The van der Waals surface area contributed by atoms with Crippen molar-refractivity contribution in [2.45, 2.75) is 239 Å². The van der Waals surface area contributed by atoms with Crippen molar-refractivity contribution < 1.29 is 9.59 Å². The van der Waals surface area contributed by atoms with E-state index in [9.17, 15) is 5.11 Å². The van der Waals surface area contributed by atoms with Crippen LogP contribution in [-0.2, 0) is 0 Å². The number of aliphatic hydroxyl groups excluding tert-OH is 1. The summed E-state index contributed by atoms with van der Waals surface area (Å²) in [5, 5.41) is 9.56. The zero-order valence-corrected chi connectivity index (χ0v) is 32.3. The SMILES string of the molecule is CCCCCCCCCCCCCCCCCCCC(CCCCCCCCCCCCCCCCCC)C[N+](C)(C)CCO. The van der Waals surface area contributed by atoms with Crippen molar-refractivity contribution in [3.05, 3.63) is 0 Å². The third-order valence-electron chi connectivity index (χ3n) is 10.6. The van der Waals surface area contributed by atoms with Gasteiger partial charge in [-0.15, -0.1) is 0 Å². The molecule has 2 heteroatoms. The maximum absolute atomic E-state index is 9.56. The van der Waals surface area contributed by atoms with Gasteiger partial charge in [-0.05, 0) is 12.8 Å². The molecule has 0 aliphatic rings. The maximum atomic E-state index is 9.56. The zero-order chi connectivity index (χ0) is 32.9. The van der Waals surface area contributed by atoms with Crippen molar-refractivity contribution in [2.75, 3.05) is 33.8 Å². The lowest BCUT2D eigenvalue weighted by Crippen LogP contribution is -2.45. The van der Waals surface area contributed by atoms with Gasteiger partial charge >= 0.3 is 0 Å². The van der Waals surface area contributed by atoms with Gasteiger partial charge in [-0.2, -0.15) is 0 Å². The minimum atomic E-state index is 0.317. The van der Waals surface area contributed by atoms with E-state index in [1.165, 1.54) is 231 Å². The molecule has 0 aliphatic heterocycles. The summed E-state index contributed by atoms with van der Waals surface area (Å²) in [7, 11) is 4.65. The van der Waals surface area contributed by atoms with E-state index in [1.54, 1.807) is 0 Å². The first-order valence-corrected chi connectivity index (χ1v) is 21.5. The van der Waals surface area contributed by atoms with Crippen molar-refractivity contribution in [3.8, 4) is 0 Å². The highest BCUT2D eigenvalue weighted by Gasteiger charge is 2.21. The van der Waals surface area contributed by atoms with Crippen LogP contribution in [0.3, 0.4) is 0 Å². The van der Waals surface area contributed by atoms with E-state index in [1.807, 2.05) is 0 Å². The molecular weight excluding hydrogens is 546 g/mol. The summed E-state index contributed by atoms with van der Waals surface area (Å²) in [4.78, 5) is 0. The van der Waals surface area contributed by atoms with E-state index in [4.69, 9.17) is 0 Å². The van der Waals surface area contributed by atoms with Crippen molar-refractivity contribution in [1.29, 1.82) is 0 Å². The molecule has 1 N–H and O–H groups in total. The van der Waals surface area contributed by atoms with Gasteiger partial charge < -0.3 is 9.59 Å². The predicted octanol–water partition coefficient (Wildman–Crippen LogP) is 14.4. The zero-order valence-electron chi connectivity index (χ0n) is 32.3. The molecule has 0 fully saturated rings. The Balaban J connectivity index is 3.74. The molecule has 1 atom stereocenters. The van der Waals surface area contributed by atoms with Crippen molar-refractivity contribution in [1.82, 2.24) is 0 Å². The molecule has 0 aromatic carbocycles. The third kappa shape index (κ3) is 36.6. The fourth-order valence-electron chi connectivity index (χ4n) is 7.53. The lowest BCUT2D eigenvalue weighted by Gasteiger charge is -2.33. The number of aliphatic hydroxyl groups is 1. The molecule has 0 spiro atoms. The Kier molecular flexibility index (Phi) is 36.7. The van der Waals surface area contributed by atoms with E-state index >= 15 is 0 Å². The summed E-state index contributed by atoms with van der Waals surface area (Å²) in [6, 6.07) is 0. The molecule has 0 aromatic rings. The fourth-order valence-corrected chi connectivity index (χ4v) is 7.53. The highest BCUT2D eigenvalue weighted by Crippen LogP contribution is 2.23. The van der Waals surface area contributed by atoms with E-state index in [0.29, 0.717) is 6.61 Å². The Morgan fingerprint density at radius 3 is 0.800 bits per heavy atom. The third-order valence-corrected chi connectivity index (χ3v) is 10.6. The van der Waals surface area contributed by atoms with Crippen LogP contribution in [0.1, 0.15) is 239 Å². The Bertz CT molecular complexity index is 532. The van der Waals surface area contributed by atoms with Crippen LogP contribution in [0.25, 0.3) is 0 Å². The summed E-state index contributed by atoms with van der Waals surface area (Å²) in [6.07, 6.45) is 50.7. The molecule has 0 rings (SSSR count). The highest BCUT2D eigenvalue weighted by molar-refractivity contribution is 4.62. The monoisotopic (exact) mass is 637 g/mol. The number of quaternary nitrogens is 1. The standard InChI is InChI=1S/C43H90NO/c1-5-7-9-11-13-15-17-19-21-23-25-27-29-31-33-35-37-39-43(42-44(3,4)40-41-45)38-36-34-32-30-28-26-24-22-20-18-16-14-12-10-8-6-2/h43,45H,5-42H2,1-4H3/q+1. The quantitative estimate of drug-likeness (QED) is 0.0526. The average Bonchev–Trinajstić information content (AvgIpc) is 3.02. The van der Waals surface area contributed by atoms with Gasteiger partial charge in [-0.3, -0.25) is 0 Å². The second-order valence-electron chi connectivity index (χ2n) is 16.0. The number of nitrogens with zero attached hydrogens (tertiary/aromatic N) is 1. The Hall–Kier alpha value is -0.0800. The molecule has 0 bridgehead atoms. The van der Waals surface area contributed by atoms with Crippen LogP contribution in [0.2, 0.25) is 0 Å². The van der Waals surface area contributed by atoms with E-state index in [0.717, 1.165) is 16.9 Å². The van der Waals surface area contributed by atoms with Crippen molar-refractivity contribution in [3.63, 3.8) is 0 Å².